The van der Waals surface area contributed by atoms with Crippen molar-refractivity contribution in [1.29, 1.82) is 0 Å². The van der Waals surface area contributed by atoms with Crippen LogP contribution >= 0.6 is 0 Å². The van der Waals surface area contributed by atoms with Gasteiger partial charge in [-0.25, -0.2) is 0 Å². The summed E-state index contributed by atoms with van der Waals surface area (Å²) in [6.07, 6.45) is 2.30. The van der Waals surface area contributed by atoms with Crippen molar-refractivity contribution in [2.75, 3.05) is 25.9 Å². The van der Waals surface area contributed by atoms with Gasteiger partial charge in [0.25, 0.3) is 5.91 Å². The summed E-state index contributed by atoms with van der Waals surface area (Å²) in [5, 5.41) is 12.3. The Kier molecular flexibility index (Phi) is 3.72. The Hall–Kier alpha value is -1.75. The third-order valence-corrected chi connectivity index (χ3v) is 3.46. The zero-order chi connectivity index (χ0) is 13.1. The molecule has 1 atom stereocenters. The molecule has 1 aromatic rings. The number of amides is 1. The van der Waals surface area contributed by atoms with Crippen LogP contribution in [-0.2, 0) is 0 Å². The molecule has 5 nitrogen and oxygen atoms in total. The van der Waals surface area contributed by atoms with Crippen molar-refractivity contribution in [3.05, 3.63) is 23.8 Å². The van der Waals surface area contributed by atoms with Gasteiger partial charge in [0.2, 0.25) is 0 Å². The highest BCUT2D eigenvalue weighted by Crippen LogP contribution is 2.20. The minimum absolute atomic E-state index is 0.0550. The van der Waals surface area contributed by atoms with Crippen molar-refractivity contribution in [1.82, 2.24) is 10.2 Å². The number of nitrogens with one attached hydrogen (secondary N) is 1. The number of carbonyl (C=O) groups is 1. The SMILES string of the molecule is CN1CCCC1CNC(=O)c1ccc(N)c(O)c1. The quantitative estimate of drug-likeness (QED) is 0.547. The number of likely N-dealkylation sites (N-methyl/N-ethyl adjacent to an activating group) is 1. The lowest BCUT2D eigenvalue weighted by Crippen LogP contribution is -2.38. The van der Waals surface area contributed by atoms with Crippen LogP contribution in [0.15, 0.2) is 18.2 Å². The van der Waals surface area contributed by atoms with Crippen LogP contribution in [0.2, 0.25) is 0 Å². The number of carbonyl (C=O) groups excluding carboxylic acids is 1. The van der Waals surface area contributed by atoms with E-state index in [9.17, 15) is 9.90 Å². The lowest BCUT2D eigenvalue weighted by atomic mass is 10.1. The highest BCUT2D eigenvalue weighted by molar-refractivity contribution is 5.95. The summed E-state index contributed by atoms with van der Waals surface area (Å²) in [5.74, 6) is -0.230. The van der Waals surface area contributed by atoms with Gasteiger partial charge in [0.1, 0.15) is 5.75 Å². The van der Waals surface area contributed by atoms with Crippen LogP contribution < -0.4 is 11.1 Å². The Morgan fingerprint density at radius 1 is 1.61 bits per heavy atom. The molecule has 1 aromatic carbocycles. The number of hydrogen-bond acceptors (Lipinski definition) is 4. The number of phenolic OH excluding ortho intramolecular Hbond substituents is 1. The van der Waals surface area contributed by atoms with E-state index < -0.39 is 0 Å². The predicted molar refractivity (Wildman–Crippen MR) is 70.5 cm³/mol. The molecule has 2 rings (SSSR count). The van der Waals surface area contributed by atoms with Gasteiger partial charge >= 0.3 is 0 Å². The smallest absolute Gasteiger partial charge is 0.251 e. The van der Waals surface area contributed by atoms with E-state index in [4.69, 9.17) is 5.73 Å². The van der Waals surface area contributed by atoms with E-state index in [1.807, 2.05) is 0 Å². The number of phenols is 1. The van der Waals surface area contributed by atoms with Crippen molar-refractivity contribution in [3.8, 4) is 5.75 Å². The molecule has 0 aliphatic carbocycles. The van der Waals surface area contributed by atoms with Crippen LogP contribution in [0.1, 0.15) is 23.2 Å². The number of rotatable bonds is 3. The largest absolute Gasteiger partial charge is 0.506 e. The molecule has 1 unspecified atom stereocenters. The average molecular weight is 249 g/mol. The van der Waals surface area contributed by atoms with Gasteiger partial charge < -0.3 is 21.1 Å². The maximum atomic E-state index is 11.9. The van der Waals surface area contributed by atoms with Gasteiger partial charge in [0, 0.05) is 18.2 Å². The van der Waals surface area contributed by atoms with Crippen molar-refractivity contribution in [2.45, 2.75) is 18.9 Å². The van der Waals surface area contributed by atoms with E-state index in [0.29, 0.717) is 18.2 Å². The first-order valence-corrected chi connectivity index (χ1v) is 6.15. The first kappa shape index (κ1) is 12.7. The van der Waals surface area contributed by atoms with E-state index in [2.05, 4.69) is 17.3 Å². The van der Waals surface area contributed by atoms with Gasteiger partial charge in [-0.15, -0.1) is 0 Å². The number of nitrogens with two attached hydrogens (primary N) is 1. The Bertz CT molecular complexity index is 448. The third kappa shape index (κ3) is 2.73. The molecule has 1 heterocycles. The maximum Gasteiger partial charge on any atom is 0.251 e. The van der Waals surface area contributed by atoms with Crippen molar-refractivity contribution >= 4 is 11.6 Å². The van der Waals surface area contributed by atoms with Crippen LogP contribution in [0, 0.1) is 0 Å². The molecule has 18 heavy (non-hydrogen) atoms. The zero-order valence-corrected chi connectivity index (χ0v) is 10.5. The number of hydrogen-bond donors (Lipinski definition) is 3. The number of nitrogens with zero attached hydrogens (tertiary/aromatic N) is 1. The molecule has 1 aliphatic rings. The summed E-state index contributed by atoms with van der Waals surface area (Å²) in [5.41, 5.74) is 6.20. The van der Waals surface area contributed by atoms with E-state index >= 15 is 0 Å². The fraction of sp³-hybridized carbons (Fsp3) is 0.462. The van der Waals surface area contributed by atoms with Crippen molar-refractivity contribution < 1.29 is 9.90 Å². The molecule has 4 N–H and O–H groups in total. The lowest BCUT2D eigenvalue weighted by molar-refractivity contribution is 0.0943. The second-order valence-electron chi connectivity index (χ2n) is 4.76. The number of benzene rings is 1. The molecule has 1 fully saturated rings. The Labute approximate surface area is 107 Å². The van der Waals surface area contributed by atoms with Crippen molar-refractivity contribution in [2.24, 2.45) is 0 Å². The molecule has 5 heteroatoms. The Morgan fingerprint density at radius 2 is 2.39 bits per heavy atom. The molecule has 1 amide bonds. The molecule has 98 valence electrons. The van der Waals surface area contributed by atoms with Gasteiger partial charge in [-0.1, -0.05) is 0 Å². The lowest BCUT2D eigenvalue weighted by Gasteiger charge is -2.19. The summed E-state index contributed by atoms with van der Waals surface area (Å²) in [7, 11) is 2.07. The first-order valence-electron chi connectivity index (χ1n) is 6.15. The van der Waals surface area contributed by atoms with E-state index in [-0.39, 0.29) is 17.3 Å². The minimum Gasteiger partial charge on any atom is -0.506 e. The third-order valence-electron chi connectivity index (χ3n) is 3.46. The van der Waals surface area contributed by atoms with Gasteiger partial charge in [0.05, 0.1) is 5.69 Å². The number of likely N-dealkylation sites (tertiary alicyclic amines) is 1. The second-order valence-corrected chi connectivity index (χ2v) is 4.76. The molecule has 1 aliphatic heterocycles. The van der Waals surface area contributed by atoms with Crippen molar-refractivity contribution in [3.63, 3.8) is 0 Å². The summed E-state index contributed by atoms with van der Waals surface area (Å²) >= 11 is 0. The van der Waals surface area contributed by atoms with Crippen LogP contribution in [0.3, 0.4) is 0 Å². The number of aromatic hydroxyl groups is 1. The van der Waals surface area contributed by atoms with E-state index in [0.717, 1.165) is 13.0 Å². The summed E-state index contributed by atoms with van der Waals surface area (Å²) in [4.78, 5) is 14.1. The topological polar surface area (TPSA) is 78.6 Å². The first-order chi connectivity index (χ1) is 8.58. The van der Waals surface area contributed by atoms with Crippen LogP contribution in [0.4, 0.5) is 5.69 Å². The Morgan fingerprint density at radius 3 is 3.00 bits per heavy atom. The maximum absolute atomic E-state index is 11.9. The van der Waals surface area contributed by atoms with Crippen LogP contribution in [0.25, 0.3) is 0 Å². The number of anilines is 1. The van der Waals surface area contributed by atoms with E-state index in [1.54, 1.807) is 6.07 Å². The minimum atomic E-state index is -0.175. The molecule has 0 bridgehead atoms. The zero-order valence-electron chi connectivity index (χ0n) is 10.5. The highest BCUT2D eigenvalue weighted by Gasteiger charge is 2.21. The molecular weight excluding hydrogens is 230 g/mol. The average Bonchev–Trinajstić information content (AvgIpc) is 2.75. The van der Waals surface area contributed by atoms with Gasteiger partial charge in [-0.3, -0.25) is 4.79 Å². The molecule has 0 saturated carbocycles. The molecule has 1 saturated heterocycles. The molecular formula is C13H19N3O2. The van der Waals surface area contributed by atoms with Crippen LogP contribution in [-0.4, -0.2) is 42.1 Å². The molecule has 0 aromatic heterocycles. The fourth-order valence-corrected chi connectivity index (χ4v) is 2.23. The summed E-state index contributed by atoms with van der Waals surface area (Å²) in [6.45, 7) is 1.73. The number of nitrogen functional groups attached to an aromatic ring is 1. The normalized spacial score (nSPS) is 19.9. The monoisotopic (exact) mass is 249 g/mol. The van der Waals surface area contributed by atoms with Gasteiger partial charge in [-0.2, -0.15) is 0 Å². The highest BCUT2D eigenvalue weighted by atomic mass is 16.3. The summed E-state index contributed by atoms with van der Waals surface area (Å²) in [6, 6.07) is 4.95. The van der Waals surface area contributed by atoms with Gasteiger partial charge in [-0.05, 0) is 44.6 Å². The van der Waals surface area contributed by atoms with Crippen LogP contribution in [0.5, 0.6) is 5.75 Å². The standard InChI is InChI=1S/C13H19N3O2/c1-16-6-2-3-10(16)8-15-13(18)9-4-5-11(14)12(17)7-9/h4-5,7,10,17H,2-3,6,8,14H2,1H3,(H,15,18). The van der Waals surface area contributed by atoms with Gasteiger partial charge in [0.15, 0.2) is 0 Å². The summed E-state index contributed by atoms with van der Waals surface area (Å²) < 4.78 is 0. The Balaban J connectivity index is 1.93. The fourth-order valence-electron chi connectivity index (χ4n) is 2.23. The second kappa shape index (κ2) is 5.27. The molecule has 0 spiro atoms. The predicted octanol–water partition coefficient (Wildman–Crippen LogP) is 0.798. The van der Waals surface area contributed by atoms with E-state index in [1.165, 1.54) is 18.6 Å². The molecule has 0 radical (unpaired) electrons.